The van der Waals surface area contributed by atoms with Gasteiger partial charge >= 0.3 is 6.18 Å². The van der Waals surface area contributed by atoms with Crippen molar-refractivity contribution in [1.82, 2.24) is 4.90 Å². The third-order valence-corrected chi connectivity index (χ3v) is 6.50. The zero-order valence-corrected chi connectivity index (χ0v) is 14.9. The lowest BCUT2D eigenvalue weighted by Gasteiger charge is -2.52. The third kappa shape index (κ3) is 3.13. The number of hydrogen-bond acceptors (Lipinski definition) is 2. The highest BCUT2D eigenvalue weighted by Gasteiger charge is 2.53. The van der Waals surface area contributed by atoms with Crippen molar-refractivity contribution in [3.05, 3.63) is 35.4 Å². The Morgan fingerprint density at radius 2 is 1.77 bits per heavy atom. The maximum atomic E-state index is 12.7. The molecule has 1 aromatic carbocycles. The van der Waals surface area contributed by atoms with Gasteiger partial charge in [-0.3, -0.25) is 4.79 Å². The summed E-state index contributed by atoms with van der Waals surface area (Å²) in [6, 6.07) is 5.54. The fourth-order valence-corrected chi connectivity index (χ4v) is 5.08. The van der Waals surface area contributed by atoms with Crippen LogP contribution in [0.1, 0.15) is 56.1 Å². The summed E-state index contributed by atoms with van der Waals surface area (Å²) in [4.78, 5) is 14.3. The number of benzene rings is 1. The van der Waals surface area contributed by atoms with Gasteiger partial charge in [-0.2, -0.15) is 13.2 Å². The molecule has 0 radical (unpaired) electrons. The van der Waals surface area contributed by atoms with Crippen molar-refractivity contribution < 1.29 is 23.1 Å². The van der Waals surface area contributed by atoms with Crippen LogP contribution in [0.4, 0.5) is 13.2 Å². The largest absolute Gasteiger partial charge is 0.416 e. The molecule has 1 aliphatic heterocycles. The van der Waals surface area contributed by atoms with Crippen LogP contribution in [0.3, 0.4) is 0 Å². The molecule has 2 saturated carbocycles. The summed E-state index contributed by atoms with van der Waals surface area (Å²) in [6.07, 6.45) is -0.287. The van der Waals surface area contributed by atoms with E-state index in [1.165, 1.54) is 12.1 Å². The topological polar surface area (TPSA) is 40.5 Å². The second kappa shape index (κ2) is 5.72. The first-order chi connectivity index (χ1) is 12.1. The number of carbonyl (C=O) groups excluding carboxylic acids is 1. The van der Waals surface area contributed by atoms with Gasteiger partial charge in [-0.15, -0.1) is 0 Å². The minimum atomic E-state index is -4.30. The molecule has 3 fully saturated rings. The zero-order valence-electron chi connectivity index (χ0n) is 14.9. The molecule has 1 atom stereocenters. The van der Waals surface area contributed by atoms with Gasteiger partial charge in [0, 0.05) is 24.4 Å². The summed E-state index contributed by atoms with van der Waals surface area (Å²) < 4.78 is 38.1. The fourth-order valence-electron chi connectivity index (χ4n) is 5.08. The number of halogens is 3. The van der Waals surface area contributed by atoms with Crippen LogP contribution < -0.4 is 0 Å². The molecular weight excluding hydrogens is 343 g/mol. The number of hydrogen-bond donors (Lipinski definition) is 1. The molecule has 3 aliphatic rings. The predicted molar refractivity (Wildman–Crippen MR) is 90.4 cm³/mol. The number of alkyl halides is 3. The first kappa shape index (κ1) is 17.8. The molecule has 3 nitrogen and oxygen atoms in total. The quantitative estimate of drug-likeness (QED) is 0.860. The third-order valence-electron chi connectivity index (χ3n) is 6.50. The summed E-state index contributed by atoms with van der Waals surface area (Å²) in [6.45, 7) is 3.27. The normalized spacial score (nSPS) is 33.0. The van der Waals surface area contributed by atoms with Gasteiger partial charge in [0.2, 0.25) is 5.91 Å². The van der Waals surface area contributed by atoms with E-state index in [4.69, 9.17) is 0 Å². The van der Waals surface area contributed by atoms with Crippen molar-refractivity contribution in [3.8, 4) is 0 Å². The van der Waals surface area contributed by atoms with E-state index < -0.39 is 17.3 Å². The van der Waals surface area contributed by atoms with Gasteiger partial charge in [0.05, 0.1) is 11.2 Å². The SMILES string of the molecule is CC1(O)CC(C(=O)N2CC3(CC[C@H](c4ccc(C(F)(F)F)cc4)C3)C2)C1. The molecule has 26 heavy (non-hydrogen) atoms. The smallest absolute Gasteiger partial charge is 0.390 e. The number of amides is 1. The summed E-state index contributed by atoms with van der Waals surface area (Å²) >= 11 is 0. The van der Waals surface area contributed by atoms with Crippen LogP contribution in [0.15, 0.2) is 24.3 Å². The van der Waals surface area contributed by atoms with Crippen LogP contribution in [-0.4, -0.2) is 34.6 Å². The Morgan fingerprint density at radius 3 is 2.31 bits per heavy atom. The molecule has 1 amide bonds. The van der Waals surface area contributed by atoms with E-state index in [9.17, 15) is 23.1 Å². The van der Waals surface area contributed by atoms with Crippen molar-refractivity contribution in [1.29, 1.82) is 0 Å². The molecule has 1 heterocycles. The van der Waals surface area contributed by atoms with Crippen molar-refractivity contribution in [2.75, 3.05) is 13.1 Å². The number of rotatable bonds is 2. The van der Waals surface area contributed by atoms with E-state index in [1.54, 1.807) is 19.1 Å². The van der Waals surface area contributed by atoms with Crippen LogP contribution in [0, 0.1) is 11.3 Å². The average molecular weight is 367 g/mol. The fraction of sp³-hybridized carbons (Fsp3) is 0.650. The Morgan fingerprint density at radius 1 is 1.15 bits per heavy atom. The van der Waals surface area contributed by atoms with Gasteiger partial charge in [0.1, 0.15) is 0 Å². The molecule has 142 valence electrons. The van der Waals surface area contributed by atoms with E-state index in [0.717, 1.165) is 37.9 Å². The standard InChI is InChI=1S/C20H24F3NO2/c1-18(26)8-15(9-18)17(25)24-11-19(12-24)7-6-14(10-19)13-2-4-16(5-3-13)20(21,22)23/h2-5,14-15,26H,6-12H2,1H3/t14-,15?,18?/m0/s1. The van der Waals surface area contributed by atoms with E-state index in [2.05, 4.69) is 0 Å². The predicted octanol–water partition coefficient (Wildman–Crippen LogP) is 3.96. The van der Waals surface area contributed by atoms with Gasteiger partial charge in [0.15, 0.2) is 0 Å². The Bertz CT molecular complexity index is 697. The summed E-state index contributed by atoms with van der Waals surface area (Å²) in [7, 11) is 0. The van der Waals surface area contributed by atoms with E-state index >= 15 is 0 Å². The lowest BCUT2D eigenvalue weighted by molar-refractivity contribution is -0.161. The summed E-state index contributed by atoms with van der Waals surface area (Å²) in [5, 5.41) is 9.80. The highest BCUT2D eigenvalue weighted by atomic mass is 19.4. The molecule has 1 aromatic rings. The van der Waals surface area contributed by atoms with Crippen LogP contribution >= 0.6 is 0 Å². The first-order valence-corrected chi connectivity index (χ1v) is 9.25. The van der Waals surface area contributed by atoms with Crippen LogP contribution in [0.25, 0.3) is 0 Å². The average Bonchev–Trinajstić information content (AvgIpc) is 2.95. The molecule has 1 spiro atoms. The van der Waals surface area contributed by atoms with Crippen molar-refractivity contribution in [2.45, 2.75) is 56.7 Å². The number of aliphatic hydroxyl groups is 1. The highest BCUT2D eigenvalue weighted by Crippen LogP contribution is 2.53. The molecule has 1 saturated heterocycles. The molecule has 6 heteroatoms. The highest BCUT2D eigenvalue weighted by molar-refractivity contribution is 5.81. The monoisotopic (exact) mass is 367 g/mol. The van der Waals surface area contributed by atoms with Gasteiger partial charge in [-0.25, -0.2) is 0 Å². The van der Waals surface area contributed by atoms with Crippen molar-refractivity contribution in [2.24, 2.45) is 11.3 Å². The van der Waals surface area contributed by atoms with Crippen LogP contribution in [-0.2, 0) is 11.0 Å². The number of likely N-dealkylation sites (tertiary alicyclic amines) is 1. The Kier molecular flexibility index (Phi) is 3.92. The second-order valence-corrected chi connectivity index (χ2v) is 8.86. The Labute approximate surface area is 151 Å². The molecule has 0 aromatic heterocycles. The maximum absolute atomic E-state index is 12.7. The van der Waals surface area contributed by atoms with Crippen molar-refractivity contribution >= 4 is 5.91 Å². The van der Waals surface area contributed by atoms with Crippen LogP contribution in [0.2, 0.25) is 0 Å². The minimum absolute atomic E-state index is 0.0468. The number of nitrogens with zero attached hydrogens (tertiary/aromatic N) is 1. The second-order valence-electron chi connectivity index (χ2n) is 8.86. The number of carbonyl (C=O) groups is 1. The Hall–Kier alpha value is -1.56. The zero-order chi connectivity index (χ0) is 18.7. The van der Waals surface area contributed by atoms with Gasteiger partial charge in [-0.05, 0) is 62.6 Å². The Balaban J connectivity index is 1.33. The van der Waals surface area contributed by atoms with Crippen LogP contribution in [0.5, 0.6) is 0 Å². The van der Waals surface area contributed by atoms with Gasteiger partial charge in [-0.1, -0.05) is 12.1 Å². The summed E-state index contributed by atoms with van der Waals surface area (Å²) in [5.41, 5.74) is -0.195. The molecule has 2 aliphatic carbocycles. The molecular formula is C20H24F3NO2. The van der Waals surface area contributed by atoms with E-state index in [0.29, 0.717) is 12.8 Å². The van der Waals surface area contributed by atoms with E-state index in [-0.39, 0.29) is 23.2 Å². The van der Waals surface area contributed by atoms with Gasteiger partial charge < -0.3 is 10.0 Å². The summed E-state index contributed by atoms with van der Waals surface area (Å²) in [5.74, 6) is 0.383. The first-order valence-electron chi connectivity index (χ1n) is 9.25. The lowest BCUT2D eigenvalue weighted by Crippen LogP contribution is -2.61. The maximum Gasteiger partial charge on any atom is 0.416 e. The van der Waals surface area contributed by atoms with E-state index in [1.807, 2.05) is 4.90 Å². The molecule has 4 rings (SSSR count). The lowest BCUT2D eigenvalue weighted by atomic mass is 9.69. The minimum Gasteiger partial charge on any atom is -0.390 e. The van der Waals surface area contributed by atoms with Crippen molar-refractivity contribution in [3.63, 3.8) is 0 Å². The van der Waals surface area contributed by atoms with Gasteiger partial charge in [0.25, 0.3) is 0 Å². The molecule has 0 bridgehead atoms. The molecule has 0 unspecified atom stereocenters. The molecule has 1 N–H and O–H groups in total.